The van der Waals surface area contributed by atoms with Crippen molar-refractivity contribution in [1.82, 2.24) is 10.2 Å². The fraction of sp³-hybridized carbons (Fsp3) is 0.750. The molecule has 2 fully saturated rings. The summed E-state index contributed by atoms with van der Waals surface area (Å²) in [5, 5.41) is 11.7. The second-order valence-electron chi connectivity index (χ2n) is 4.98. The van der Waals surface area contributed by atoms with Crippen LogP contribution in [0.3, 0.4) is 0 Å². The molecule has 1 saturated carbocycles. The molecule has 1 heterocycles. The average Bonchev–Trinajstić information content (AvgIpc) is 2.41. The van der Waals surface area contributed by atoms with Crippen LogP contribution in [-0.2, 0) is 19.1 Å². The standard InChI is InChI=1S/C12H18N2O6/c1-19-9(15)8-7-20-6-5-14(8)11(18)13-12(10(16)17)3-2-4-12/h8H,2-7H2,1H3,(H,13,18)(H,16,17). The highest BCUT2D eigenvalue weighted by atomic mass is 16.5. The van der Waals surface area contributed by atoms with Crippen LogP contribution in [0.4, 0.5) is 4.79 Å². The van der Waals surface area contributed by atoms with Gasteiger partial charge in [0, 0.05) is 6.54 Å². The van der Waals surface area contributed by atoms with E-state index in [1.54, 1.807) is 0 Å². The van der Waals surface area contributed by atoms with Gasteiger partial charge >= 0.3 is 18.0 Å². The molecule has 0 aromatic carbocycles. The van der Waals surface area contributed by atoms with E-state index in [1.807, 2.05) is 0 Å². The minimum Gasteiger partial charge on any atom is -0.480 e. The SMILES string of the molecule is COC(=O)C1COCCN1C(=O)NC1(C(=O)O)CCC1. The Balaban J connectivity index is 2.06. The van der Waals surface area contributed by atoms with E-state index in [0.717, 1.165) is 6.42 Å². The van der Waals surface area contributed by atoms with Crippen molar-refractivity contribution in [3.05, 3.63) is 0 Å². The highest BCUT2D eigenvalue weighted by molar-refractivity contribution is 5.89. The Hall–Kier alpha value is -1.83. The molecule has 0 aromatic rings. The number of hydrogen-bond donors (Lipinski definition) is 2. The number of methoxy groups -OCH3 is 1. The number of ether oxygens (including phenoxy) is 2. The molecular formula is C12H18N2O6. The molecule has 1 aliphatic carbocycles. The summed E-state index contributed by atoms with van der Waals surface area (Å²) in [6.07, 6.45) is 1.57. The van der Waals surface area contributed by atoms with E-state index < -0.39 is 29.6 Å². The van der Waals surface area contributed by atoms with Crippen molar-refractivity contribution in [2.45, 2.75) is 30.8 Å². The summed E-state index contributed by atoms with van der Waals surface area (Å²) < 4.78 is 9.80. The van der Waals surface area contributed by atoms with Gasteiger partial charge in [0.2, 0.25) is 0 Å². The third-order valence-corrected chi connectivity index (χ3v) is 3.83. The molecule has 0 bridgehead atoms. The number of urea groups is 1. The molecule has 20 heavy (non-hydrogen) atoms. The highest BCUT2D eigenvalue weighted by Gasteiger charge is 2.47. The zero-order chi connectivity index (χ0) is 14.8. The van der Waals surface area contributed by atoms with Gasteiger partial charge in [0.05, 0.1) is 20.3 Å². The number of esters is 1. The Morgan fingerprint density at radius 3 is 2.60 bits per heavy atom. The number of nitrogens with zero attached hydrogens (tertiary/aromatic N) is 1. The van der Waals surface area contributed by atoms with E-state index in [0.29, 0.717) is 19.4 Å². The summed E-state index contributed by atoms with van der Waals surface area (Å²) in [5.41, 5.74) is -1.20. The topological polar surface area (TPSA) is 105 Å². The molecule has 2 aliphatic rings. The Bertz CT molecular complexity index is 420. The Kier molecular flexibility index (Phi) is 4.12. The normalized spacial score (nSPS) is 24.4. The van der Waals surface area contributed by atoms with Crippen molar-refractivity contribution in [3.8, 4) is 0 Å². The first-order valence-corrected chi connectivity index (χ1v) is 6.48. The van der Waals surface area contributed by atoms with Gasteiger partial charge in [-0.15, -0.1) is 0 Å². The van der Waals surface area contributed by atoms with Crippen molar-refractivity contribution >= 4 is 18.0 Å². The van der Waals surface area contributed by atoms with Gasteiger partial charge in [0.1, 0.15) is 5.54 Å². The molecule has 8 heteroatoms. The first-order valence-electron chi connectivity index (χ1n) is 6.48. The predicted octanol–water partition coefficient (Wildman–Crippen LogP) is -0.423. The molecule has 8 nitrogen and oxygen atoms in total. The molecule has 1 saturated heterocycles. The summed E-state index contributed by atoms with van der Waals surface area (Å²) in [4.78, 5) is 36.4. The lowest BCUT2D eigenvalue weighted by Gasteiger charge is -2.41. The second-order valence-corrected chi connectivity index (χ2v) is 4.98. The van der Waals surface area contributed by atoms with E-state index in [-0.39, 0.29) is 13.2 Å². The number of carboxylic acid groups (broad SMARTS) is 1. The number of aliphatic carboxylic acids is 1. The molecule has 1 unspecified atom stereocenters. The van der Waals surface area contributed by atoms with Crippen LogP contribution in [0, 0.1) is 0 Å². The first-order chi connectivity index (χ1) is 9.50. The molecule has 1 atom stereocenters. The average molecular weight is 286 g/mol. The minimum absolute atomic E-state index is 0.0557. The van der Waals surface area contributed by atoms with Crippen LogP contribution in [0.2, 0.25) is 0 Å². The van der Waals surface area contributed by atoms with Crippen LogP contribution in [0.5, 0.6) is 0 Å². The van der Waals surface area contributed by atoms with Crippen molar-refractivity contribution in [3.63, 3.8) is 0 Å². The number of carboxylic acids is 1. The van der Waals surface area contributed by atoms with E-state index >= 15 is 0 Å². The van der Waals surface area contributed by atoms with Crippen molar-refractivity contribution in [2.75, 3.05) is 26.9 Å². The number of carbonyl (C=O) groups excluding carboxylic acids is 2. The summed E-state index contributed by atoms with van der Waals surface area (Å²) in [6.45, 7) is 0.586. The third kappa shape index (κ3) is 2.55. The zero-order valence-corrected chi connectivity index (χ0v) is 11.3. The number of amides is 2. The van der Waals surface area contributed by atoms with Gasteiger partial charge in [-0.05, 0) is 19.3 Å². The number of rotatable bonds is 3. The van der Waals surface area contributed by atoms with Crippen LogP contribution >= 0.6 is 0 Å². The lowest BCUT2D eigenvalue weighted by atomic mass is 9.77. The van der Waals surface area contributed by atoms with Crippen molar-refractivity contribution < 1.29 is 29.0 Å². The largest absolute Gasteiger partial charge is 0.480 e. The molecule has 0 radical (unpaired) electrons. The molecule has 0 aromatic heterocycles. The smallest absolute Gasteiger partial charge is 0.331 e. The summed E-state index contributed by atoms with van der Waals surface area (Å²) in [6, 6.07) is -1.40. The second kappa shape index (κ2) is 5.66. The van der Waals surface area contributed by atoms with Gasteiger partial charge < -0.3 is 24.8 Å². The van der Waals surface area contributed by atoms with Crippen molar-refractivity contribution in [2.24, 2.45) is 0 Å². The summed E-state index contributed by atoms with van der Waals surface area (Å²) >= 11 is 0. The van der Waals surface area contributed by atoms with E-state index in [4.69, 9.17) is 4.74 Å². The van der Waals surface area contributed by atoms with Crippen LogP contribution in [0.1, 0.15) is 19.3 Å². The van der Waals surface area contributed by atoms with E-state index in [1.165, 1.54) is 12.0 Å². The Labute approximate surface area is 116 Å². The van der Waals surface area contributed by atoms with Gasteiger partial charge in [-0.2, -0.15) is 0 Å². The zero-order valence-electron chi connectivity index (χ0n) is 11.3. The number of hydrogen-bond acceptors (Lipinski definition) is 5. The van der Waals surface area contributed by atoms with Gasteiger partial charge in [-0.25, -0.2) is 14.4 Å². The van der Waals surface area contributed by atoms with Gasteiger partial charge in [0.25, 0.3) is 0 Å². The quantitative estimate of drug-likeness (QED) is 0.682. The van der Waals surface area contributed by atoms with E-state index in [9.17, 15) is 19.5 Å². The predicted molar refractivity (Wildman–Crippen MR) is 66.1 cm³/mol. The maximum atomic E-state index is 12.2. The highest BCUT2D eigenvalue weighted by Crippen LogP contribution is 2.32. The molecule has 1 aliphatic heterocycles. The first kappa shape index (κ1) is 14.6. The molecule has 2 rings (SSSR count). The fourth-order valence-corrected chi connectivity index (χ4v) is 2.38. The number of carbonyl (C=O) groups is 3. The molecule has 112 valence electrons. The molecule has 2 N–H and O–H groups in total. The number of nitrogens with one attached hydrogen (secondary N) is 1. The van der Waals surface area contributed by atoms with Gasteiger partial charge in [0.15, 0.2) is 6.04 Å². The lowest BCUT2D eigenvalue weighted by Crippen LogP contribution is -2.65. The molecular weight excluding hydrogens is 268 g/mol. The van der Waals surface area contributed by atoms with Crippen LogP contribution in [0.25, 0.3) is 0 Å². The van der Waals surface area contributed by atoms with Crippen LogP contribution in [0.15, 0.2) is 0 Å². The summed E-state index contributed by atoms with van der Waals surface area (Å²) in [5.74, 6) is -1.61. The Morgan fingerprint density at radius 2 is 2.10 bits per heavy atom. The van der Waals surface area contributed by atoms with Gasteiger partial charge in [-0.1, -0.05) is 0 Å². The lowest BCUT2D eigenvalue weighted by molar-refractivity contribution is -0.151. The minimum atomic E-state index is -1.20. The monoisotopic (exact) mass is 286 g/mol. The van der Waals surface area contributed by atoms with Crippen LogP contribution < -0.4 is 5.32 Å². The Morgan fingerprint density at radius 1 is 1.40 bits per heavy atom. The summed E-state index contributed by atoms with van der Waals surface area (Å²) in [7, 11) is 1.23. The fourth-order valence-electron chi connectivity index (χ4n) is 2.38. The van der Waals surface area contributed by atoms with Crippen molar-refractivity contribution in [1.29, 1.82) is 0 Å². The van der Waals surface area contributed by atoms with Gasteiger partial charge in [-0.3, -0.25) is 0 Å². The molecule has 0 spiro atoms. The number of morpholine rings is 1. The van der Waals surface area contributed by atoms with E-state index in [2.05, 4.69) is 10.1 Å². The molecule has 2 amide bonds. The maximum Gasteiger partial charge on any atom is 0.331 e. The van der Waals surface area contributed by atoms with Crippen LogP contribution in [-0.4, -0.2) is 66.4 Å². The maximum absolute atomic E-state index is 12.2. The third-order valence-electron chi connectivity index (χ3n) is 3.83.